The highest BCUT2D eigenvalue weighted by molar-refractivity contribution is 6.37. The normalized spacial score (nSPS) is 12.3. The lowest BCUT2D eigenvalue weighted by Gasteiger charge is -2.17. The summed E-state index contributed by atoms with van der Waals surface area (Å²) in [6, 6.07) is 42.5. The lowest BCUT2D eigenvalue weighted by Crippen LogP contribution is -1.98. The molecule has 0 spiro atoms. The van der Waals surface area contributed by atoms with Crippen molar-refractivity contribution in [1.82, 2.24) is 9.55 Å². The molecule has 0 saturated carbocycles. The number of nitrogens with zero attached hydrogens (tertiary/aromatic N) is 2. The van der Waals surface area contributed by atoms with Crippen LogP contribution in [0.2, 0.25) is 0 Å². The van der Waals surface area contributed by atoms with E-state index in [0.29, 0.717) is 0 Å². The lowest BCUT2D eigenvalue weighted by molar-refractivity contribution is 1.00. The van der Waals surface area contributed by atoms with Crippen molar-refractivity contribution in [3.05, 3.63) is 121 Å². The molecule has 2 heteroatoms. The Bertz CT molecular complexity index is 2400. The molecule has 1 aromatic heterocycles. The highest BCUT2D eigenvalue weighted by Gasteiger charge is 2.17. The molecule has 0 aliphatic carbocycles. The second-order valence-electron chi connectivity index (χ2n) is 10.4. The van der Waals surface area contributed by atoms with Gasteiger partial charge in [-0.05, 0) is 95.8 Å². The summed E-state index contributed by atoms with van der Waals surface area (Å²) >= 11 is 0. The Balaban J connectivity index is 1.63. The summed E-state index contributed by atoms with van der Waals surface area (Å²) in [5.74, 6) is 0.996. The van der Waals surface area contributed by atoms with Gasteiger partial charge in [0.1, 0.15) is 5.82 Å². The summed E-state index contributed by atoms with van der Waals surface area (Å²) in [5, 5.41) is 15.6. The zero-order valence-corrected chi connectivity index (χ0v) is 20.9. The molecule has 9 aromatic rings. The molecule has 38 heavy (non-hydrogen) atoms. The van der Waals surface area contributed by atoms with Gasteiger partial charge in [-0.2, -0.15) is 0 Å². The maximum absolute atomic E-state index is 4.88. The van der Waals surface area contributed by atoms with Crippen molar-refractivity contribution in [2.45, 2.75) is 6.92 Å². The van der Waals surface area contributed by atoms with Crippen LogP contribution in [0.1, 0.15) is 5.82 Å². The lowest BCUT2D eigenvalue weighted by atomic mass is 9.87. The van der Waals surface area contributed by atoms with Crippen molar-refractivity contribution in [2.24, 2.45) is 0 Å². The summed E-state index contributed by atoms with van der Waals surface area (Å²) in [6.07, 6.45) is 0. The Hall–Kier alpha value is -4.95. The highest BCUT2D eigenvalue weighted by atomic mass is 15.1. The van der Waals surface area contributed by atoms with Crippen molar-refractivity contribution < 1.29 is 0 Å². The van der Waals surface area contributed by atoms with E-state index >= 15 is 0 Å². The van der Waals surface area contributed by atoms with E-state index in [1.54, 1.807) is 0 Å². The van der Waals surface area contributed by atoms with Crippen molar-refractivity contribution >= 4 is 75.7 Å². The molecule has 9 rings (SSSR count). The predicted molar refractivity (Wildman–Crippen MR) is 162 cm³/mol. The number of fused-ring (bicyclic) bond motifs is 3. The standard InChI is InChI=1S/C36H22N2/c1-21-37-31-13-2-3-14-32(31)38(21)26-19-25-18-17-24-8-5-11-28-27-10-4-7-22-15-16-23-9-6-12-29(35(23)33(22)27)30(20-26)36(25)34(24)28/h2-20H,1H3. The SMILES string of the molecule is Cc1nc2ccccc2n1-c1cc2ccc3cccc4c5cccc6ccc7cccc(c(c1)c2c34)c7c65. The Morgan fingerprint density at radius 1 is 0.474 bits per heavy atom. The molecule has 0 unspecified atom stereocenters. The van der Waals surface area contributed by atoms with Gasteiger partial charge in [-0.3, -0.25) is 4.57 Å². The Morgan fingerprint density at radius 3 is 1.63 bits per heavy atom. The number of hydrogen-bond acceptors (Lipinski definition) is 1. The number of aromatic nitrogens is 2. The molecule has 0 aliphatic rings. The zero-order chi connectivity index (χ0) is 25.0. The third-order valence-electron chi connectivity index (χ3n) is 8.40. The van der Waals surface area contributed by atoms with Gasteiger partial charge in [-0.1, -0.05) is 91.0 Å². The molecule has 8 aromatic carbocycles. The monoisotopic (exact) mass is 482 g/mol. The van der Waals surface area contributed by atoms with E-state index in [9.17, 15) is 0 Å². The number of benzene rings is 7. The van der Waals surface area contributed by atoms with Crippen LogP contribution in [-0.2, 0) is 0 Å². The maximum atomic E-state index is 4.88. The minimum atomic E-state index is 0.996. The van der Waals surface area contributed by atoms with Crippen LogP contribution in [0.3, 0.4) is 0 Å². The zero-order valence-electron chi connectivity index (χ0n) is 20.9. The molecule has 176 valence electrons. The first-order chi connectivity index (χ1) is 18.8. The van der Waals surface area contributed by atoms with E-state index in [0.717, 1.165) is 22.5 Å². The number of para-hydroxylation sites is 2. The molecule has 2 nitrogen and oxygen atoms in total. The summed E-state index contributed by atoms with van der Waals surface area (Å²) in [5.41, 5.74) is 3.30. The van der Waals surface area contributed by atoms with Crippen molar-refractivity contribution in [3.8, 4) is 5.69 Å². The fraction of sp³-hybridized carbons (Fsp3) is 0.0278. The third-order valence-corrected chi connectivity index (χ3v) is 8.40. The van der Waals surface area contributed by atoms with Gasteiger partial charge in [0.15, 0.2) is 0 Å². The smallest absolute Gasteiger partial charge is 0.111 e. The first-order valence-corrected chi connectivity index (χ1v) is 13.2. The molecule has 1 heterocycles. The average Bonchev–Trinajstić information content (AvgIpc) is 3.30. The van der Waals surface area contributed by atoms with Gasteiger partial charge < -0.3 is 0 Å². The predicted octanol–water partition coefficient (Wildman–Crippen LogP) is 9.69. The second-order valence-corrected chi connectivity index (χ2v) is 10.4. The first-order valence-electron chi connectivity index (χ1n) is 13.2. The minimum absolute atomic E-state index is 0.996. The van der Waals surface area contributed by atoms with Crippen LogP contribution < -0.4 is 0 Å². The van der Waals surface area contributed by atoms with Crippen LogP contribution in [-0.4, -0.2) is 9.55 Å². The number of hydrogen-bond donors (Lipinski definition) is 0. The molecule has 0 radical (unpaired) electrons. The Morgan fingerprint density at radius 2 is 1.00 bits per heavy atom. The molecule has 0 amide bonds. The van der Waals surface area contributed by atoms with E-state index in [1.165, 1.54) is 64.6 Å². The van der Waals surface area contributed by atoms with Crippen molar-refractivity contribution in [1.29, 1.82) is 0 Å². The van der Waals surface area contributed by atoms with Gasteiger partial charge in [0.25, 0.3) is 0 Å². The highest BCUT2D eigenvalue weighted by Crippen LogP contribution is 2.43. The molecule has 0 aliphatic heterocycles. The number of imidazole rings is 1. The molecule has 0 bridgehead atoms. The molecule has 0 saturated heterocycles. The van der Waals surface area contributed by atoms with E-state index < -0.39 is 0 Å². The summed E-state index contributed by atoms with van der Waals surface area (Å²) in [7, 11) is 0. The number of rotatable bonds is 1. The van der Waals surface area contributed by atoms with Gasteiger partial charge in [-0.15, -0.1) is 0 Å². The summed E-state index contributed by atoms with van der Waals surface area (Å²) < 4.78 is 2.30. The van der Waals surface area contributed by atoms with Crippen LogP contribution in [0.15, 0.2) is 115 Å². The first kappa shape index (κ1) is 20.1. The average molecular weight is 483 g/mol. The Labute approximate surface area is 218 Å². The molecule has 0 fully saturated rings. The van der Waals surface area contributed by atoms with Crippen LogP contribution in [0.25, 0.3) is 81.4 Å². The number of aryl methyl sites for hydroxylation is 1. The molecule has 0 N–H and O–H groups in total. The van der Waals surface area contributed by atoms with Crippen molar-refractivity contribution in [3.63, 3.8) is 0 Å². The van der Waals surface area contributed by atoms with Crippen LogP contribution in [0.5, 0.6) is 0 Å². The Kier molecular flexibility index (Phi) is 3.76. The minimum Gasteiger partial charge on any atom is -0.296 e. The molecular formula is C36H22N2. The largest absolute Gasteiger partial charge is 0.296 e. The summed E-state index contributed by atoms with van der Waals surface area (Å²) in [6.45, 7) is 2.10. The van der Waals surface area contributed by atoms with Gasteiger partial charge in [0, 0.05) is 5.69 Å². The van der Waals surface area contributed by atoms with Crippen LogP contribution in [0, 0.1) is 6.92 Å². The maximum Gasteiger partial charge on any atom is 0.111 e. The summed E-state index contributed by atoms with van der Waals surface area (Å²) in [4.78, 5) is 4.88. The fourth-order valence-electron chi connectivity index (χ4n) is 6.87. The van der Waals surface area contributed by atoms with Gasteiger partial charge >= 0.3 is 0 Å². The fourth-order valence-corrected chi connectivity index (χ4v) is 6.87. The molecule has 0 atom stereocenters. The second kappa shape index (κ2) is 7.08. The topological polar surface area (TPSA) is 17.8 Å². The van der Waals surface area contributed by atoms with E-state index in [1.807, 2.05) is 0 Å². The van der Waals surface area contributed by atoms with Crippen LogP contribution >= 0.6 is 0 Å². The van der Waals surface area contributed by atoms with E-state index in [2.05, 4.69) is 127 Å². The van der Waals surface area contributed by atoms with E-state index in [-0.39, 0.29) is 0 Å². The quantitative estimate of drug-likeness (QED) is 0.213. The molecular weight excluding hydrogens is 460 g/mol. The van der Waals surface area contributed by atoms with Crippen molar-refractivity contribution in [2.75, 3.05) is 0 Å². The van der Waals surface area contributed by atoms with Gasteiger partial charge in [-0.25, -0.2) is 4.98 Å². The third kappa shape index (κ3) is 2.49. The van der Waals surface area contributed by atoms with Crippen LogP contribution in [0.4, 0.5) is 0 Å². The van der Waals surface area contributed by atoms with Gasteiger partial charge in [0.2, 0.25) is 0 Å². The van der Waals surface area contributed by atoms with Gasteiger partial charge in [0.05, 0.1) is 11.0 Å². The van der Waals surface area contributed by atoms with E-state index in [4.69, 9.17) is 4.98 Å².